The van der Waals surface area contributed by atoms with Crippen molar-refractivity contribution in [1.29, 1.82) is 0 Å². The van der Waals surface area contributed by atoms with Gasteiger partial charge < -0.3 is 9.47 Å². The standard InChI is InChI=1S/C21H24F3N3O/c22-21(23,24)18-8-4-3-7-16(18)13-26-12-11-25-19(26)14-27(17-9-10-17)20(28)15-5-1-2-6-15/h3-4,7-8,11-12,15,17H,1-2,5-6,9-10,13-14H2. The fourth-order valence-corrected chi connectivity index (χ4v) is 4.09. The number of carbonyl (C=O) groups is 1. The summed E-state index contributed by atoms with van der Waals surface area (Å²) in [4.78, 5) is 19.2. The van der Waals surface area contributed by atoms with E-state index in [1.165, 1.54) is 12.1 Å². The molecule has 2 aliphatic rings. The molecule has 0 spiro atoms. The molecule has 2 fully saturated rings. The van der Waals surface area contributed by atoms with Crippen molar-refractivity contribution < 1.29 is 18.0 Å². The number of carbonyl (C=O) groups excluding carboxylic acids is 1. The summed E-state index contributed by atoms with van der Waals surface area (Å²) < 4.78 is 41.6. The van der Waals surface area contributed by atoms with Crippen LogP contribution >= 0.6 is 0 Å². The second-order valence-electron chi connectivity index (χ2n) is 7.80. The number of hydrogen-bond donors (Lipinski definition) is 0. The van der Waals surface area contributed by atoms with E-state index >= 15 is 0 Å². The predicted octanol–water partition coefficient (Wildman–Crippen LogP) is 4.63. The van der Waals surface area contributed by atoms with Gasteiger partial charge in [0.05, 0.1) is 12.1 Å². The summed E-state index contributed by atoms with van der Waals surface area (Å²) in [6.07, 6.45) is 4.95. The summed E-state index contributed by atoms with van der Waals surface area (Å²) in [6, 6.07) is 5.86. The van der Waals surface area contributed by atoms with Crippen molar-refractivity contribution in [2.75, 3.05) is 0 Å². The van der Waals surface area contributed by atoms with E-state index in [4.69, 9.17) is 0 Å². The highest BCUT2D eigenvalue weighted by Gasteiger charge is 2.37. The summed E-state index contributed by atoms with van der Waals surface area (Å²) in [7, 11) is 0. The van der Waals surface area contributed by atoms with E-state index in [1.54, 1.807) is 23.0 Å². The van der Waals surface area contributed by atoms with Gasteiger partial charge >= 0.3 is 6.18 Å². The van der Waals surface area contributed by atoms with Crippen LogP contribution in [0.5, 0.6) is 0 Å². The Kier molecular flexibility index (Phi) is 5.17. The normalized spacial score (nSPS) is 17.8. The maximum atomic E-state index is 13.3. The van der Waals surface area contributed by atoms with Crippen molar-refractivity contribution in [3.05, 3.63) is 53.6 Å². The maximum Gasteiger partial charge on any atom is 0.416 e. The van der Waals surface area contributed by atoms with Gasteiger partial charge in [0.2, 0.25) is 5.91 Å². The SMILES string of the molecule is O=C(C1CCCC1)N(Cc1nccn1Cc1ccccc1C(F)(F)F)C1CC1. The number of hydrogen-bond acceptors (Lipinski definition) is 2. The van der Waals surface area contributed by atoms with Gasteiger partial charge in [-0.2, -0.15) is 13.2 Å². The largest absolute Gasteiger partial charge is 0.416 e. The number of halogens is 3. The third kappa shape index (κ3) is 4.08. The van der Waals surface area contributed by atoms with E-state index in [0.29, 0.717) is 12.4 Å². The molecule has 0 saturated heterocycles. The van der Waals surface area contributed by atoms with Crippen LogP contribution in [0.25, 0.3) is 0 Å². The quantitative estimate of drug-likeness (QED) is 0.720. The Hall–Kier alpha value is -2.31. The number of amides is 1. The zero-order valence-electron chi connectivity index (χ0n) is 15.7. The van der Waals surface area contributed by atoms with Crippen molar-refractivity contribution in [3.8, 4) is 0 Å². The van der Waals surface area contributed by atoms with Crippen LogP contribution in [0.15, 0.2) is 36.7 Å². The van der Waals surface area contributed by atoms with Gasteiger partial charge in [0.25, 0.3) is 0 Å². The Morgan fingerprint density at radius 1 is 1.14 bits per heavy atom. The lowest BCUT2D eigenvalue weighted by molar-refractivity contribution is -0.138. The zero-order chi connectivity index (χ0) is 19.7. The Balaban J connectivity index is 1.54. The highest BCUT2D eigenvalue weighted by atomic mass is 19.4. The Labute approximate surface area is 162 Å². The molecule has 1 heterocycles. The molecule has 0 aliphatic heterocycles. The van der Waals surface area contributed by atoms with E-state index < -0.39 is 11.7 Å². The van der Waals surface area contributed by atoms with Crippen LogP contribution in [0.4, 0.5) is 13.2 Å². The molecule has 28 heavy (non-hydrogen) atoms. The van der Waals surface area contributed by atoms with Crippen LogP contribution in [0, 0.1) is 5.92 Å². The fraction of sp³-hybridized carbons (Fsp3) is 0.524. The van der Waals surface area contributed by atoms with Gasteiger partial charge in [-0.15, -0.1) is 0 Å². The maximum absolute atomic E-state index is 13.3. The Morgan fingerprint density at radius 3 is 2.54 bits per heavy atom. The number of alkyl halides is 3. The smallest absolute Gasteiger partial charge is 0.332 e. The minimum absolute atomic E-state index is 0.0845. The molecule has 0 N–H and O–H groups in total. The number of rotatable bonds is 6. The van der Waals surface area contributed by atoms with Gasteiger partial charge in [0.15, 0.2) is 0 Å². The second kappa shape index (κ2) is 7.60. The minimum atomic E-state index is -4.39. The summed E-state index contributed by atoms with van der Waals surface area (Å²) >= 11 is 0. The number of aromatic nitrogens is 2. The molecule has 1 amide bonds. The molecule has 2 aliphatic carbocycles. The summed E-state index contributed by atoms with van der Waals surface area (Å²) in [6.45, 7) is 0.447. The highest BCUT2D eigenvalue weighted by Crippen LogP contribution is 2.35. The van der Waals surface area contributed by atoms with Crippen molar-refractivity contribution in [1.82, 2.24) is 14.5 Å². The van der Waals surface area contributed by atoms with Gasteiger partial charge in [-0.1, -0.05) is 31.0 Å². The lowest BCUT2D eigenvalue weighted by Crippen LogP contribution is -2.37. The first-order valence-corrected chi connectivity index (χ1v) is 9.89. The van der Waals surface area contributed by atoms with Crippen molar-refractivity contribution in [3.63, 3.8) is 0 Å². The zero-order valence-corrected chi connectivity index (χ0v) is 15.7. The fourth-order valence-electron chi connectivity index (χ4n) is 4.09. The topological polar surface area (TPSA) is 38.1 Å². The second-order valence-corrected chi connectivity index (χ2v) is 7.80. The molecule has 4 rings (SSSR count). The molecular weight excluding hydrogens is 367 g/mol. The number of nitrogens with zero attached hydrogens (tertiary/aromatic N) is 3. The van der Waals surface area contributed by atoms with Gasteiger partial charge in [-0.05, 0) is 37.3 Å². The molecule has 2 saturated carbocycles. The summed E-state index contributed by atoms with van der Waals surface area (Å²) in [5, 5.41) is 0. The van der Waals surface area contributed by atoms with Crippen molar-refractivity contribution in [2.45, 2.75) is 63.8 Å². The van der Waals surface area contributed by atoms with E-state index in [0.717, 1.165) is 44.6 Å². The van der Waals surface area contributed by atoms with E-state index in [2.05, 4.69) is 4.98 Å². The molecule has 1 aromatic heterocycles. The van der Waals surface area contributed by atoms with E-state index in [-0.39, 0.29) is 30.0 Å². The molecule has 4 nitrogen and oxygen atoms in total. The van der Waals surface area contributed by atoms with Gasteiger partial charge in [0, 0.05) is 30.9 Å². The Morgan fingerprint density at radius 2 is 1.86 bits per heavy atom. The molecule has 2 aromatic rings. The minimum Gasteiger partial charge on any atom is -0.332 e. The molecule has 0 bridgehead atoms. The monoisotopic (exact) mass is 391 g/mol. The number of benzene rings is 1. The molecule has 1 aromatic carbocycles. The van der Waals surface area contributed by atoms with Crippen LogP contribution in [0.2, 0.25) is 0 Å². The molecule has 0 radical (unpaired) electrons. The first-order valence-electron chi connectivity index (χ1n) is 9.89. The lowest BCUT2D eigenvalue weighted by Gasteiger charge is -2.26. The van der Waals surface area contributed by atoms with E-state index in [9.17, 15) is 18.0 Å². The molecule has 150 valence electrons. The van der Waals surface area contributed by atoms with Gasteiger partial charge in [-0.25, -0.2) is 4.98 Å². The van der Waals surface area contributed by atoms with Crippen LogP contribution in [-0.4, -0.2) is 26.4 Å². The third-order valence-corrected chi connectivity index (χ3v) is 5.75. The average molecular weight is 391 g/mol. The summed E-state index contributed by atoms with van der Waals surface area (Å²) in [5.74, 6) is 0.912. The molecular formula is C21H24F3N3O. The highest BCUT2D eigenvalue weighted by molar-refractivity contribution is 5.79. The van der Waals surface area contributed by atoms with Crippen LogP contribution in [0.1, 0.15) is 55.5 Å². The van der Waals surface area contributed by atoms with Crippen molar-refractivity contribution >= 4 is 5.91 Å². The van der Waals surface area contributed by atoms with Gasteiger partial charge in [-0.3, -0.25) is 4.79 Å². The van der Waals surface area contributed by atoms with E-state index in [1.807, 2.05) is 4.90 Å². The molecule has 7 heteroatoms. The van der Waals surface area contributed by atoms with Crippen LogP contribution < -0.4 is 0 Å². The predicted molar refractivity (Wildman–Crippen MR) is 98.3 cm³/mol. The lowest BCUT2D eigenvalue weighted by atomic mass is 10.1. The Bertz CT molecular complexity index is 835. The molecule has 0 atom stereocenters. The van der Waals surface area contributed by atoms with Crippen molar-refractivity contribution in [2.24, 2.45) is 5.92 Å². The first-order chi connectivity index (χ1) is 13.4. The average Bonchev–Trinajstić information content (AvgIpc) is 3.16. The molecule has 0 unspecified atom stereocenters. The van der Waals surface area contributed by atoms with Gasteiger partial charge in [0.1, 0.15) is 5.82 Å². The third-order valence-electron chi connectivity index (χ3n) is 5.75. The first kappa shape index (κ1) is 19.0. The number of imidazole rings is 1. The van der Waals surface area contributed by atoms with Crippen LogP contribution in [-0.2, 0) is 24.1 Å². The summed E-state index contributed by atoms with van der Waals surface area (Å²) in [5.41, 5.74) is -0.426. The van der Waals surface area contributed by atoms with Crippen LogP contribution in [0.3, 0.4) is 0 Å².